The Kier molecular flexibility index (Phi) is 7.50. The molecule has 1 saturated heterocycles. The second-order valence-corrected chi connectivity index (χ2v) is 10.2. The van der Waals surface area contributed by atoms with E-state index in [1.807, 2.05) is 12.1 Å². The SMILES string of the molecule is COC(=O)c1ccc(CCC(C)(C)CC2CCOC(CC(C)(C)C)C2)cc1. The number of esters is 1. The number of hydrogen-bond donors (Lipinski definition) is 0. The molecule has 0 radical (unpaired) electrons. The lowest BCUT2D eigenvalue weighted by molar-refractivity contribution is -0.0368. The summed E-state index contributed by atoms with van der Waals surface area (Å²) in [4.78, 5) is 11.5. The first-order valence-electron chi connectivity index (χ1n) is 10.4. The van der Waals surface area contributed by atoms with Gasteiger partial charge in [-0.05, 0) is 73.0 Å². The standard InChI is InChI=1S/C24H38O3/c1-23(2,3)17-21-15-19(12-14-27-21)16-24(4,5)13-11-18-7-9-20(10-8-18)22(25)26-6/h7-10,19,21H,11-17H2,1-6H3. The molecular weight excluding hydrogens is 336 g/mol. The van der Waals surface area contributed by atoms with E-state index in [0.717, 1.165) is 31.8 Å². The van der Waals surface area contributed by atoms with Crippen LogP contribution in [0.25, 0.3) is 0 Å². The zero-order chi connectivity index (χ0) is 20.1. The highest BCUT2D eigenvalue weighted by Gasteiger charge is 2.30. The molecule has 1 aromatic carbocycles. The molecule has 27 heavy (non-hydrogen) atoms. The Balaban J connectivity index is 1.84. The lowest BCUT2D eigenvalue weighted by Crippen LogP contribution is -2.31. The second kappa shape index (κ2) is 9.23. The normalized spacial score (nSPS) is 21.1. The van der Waals surface area contributed by atoms with Crippen LogP contribution in [0.15, 0.2) is 24.3 Å². The van der Waals surface area contributed by atoms with Crippen molar-refractivity contribution < 1.29 is 14.3 Å². The number of benzene rings is 1. The first-order chi connectivity index (χ1) is 12.6. The molecule has 152 valence electrons. The van der Waals surface area contributed by atoms with Crippen molar-refractivity contribution in [2.24, 2.45) is 16.7 Å². The Morgan fingerprint density at radius 1 is 1.11 bits per heavy atom. The van der Waals surface area contributed by atoms with Gasteiger partial charge in [0.1, 0.15) is 0 Å². The van der Waals surface area contributed by atoms with Gasteiger partial charge in [0, 0.05) is 6.61 Å². The Hall–Kier alpha value is -1.35. The van der Waals surface area contributed by atoms with Crippen LogP contribution >= 0.6 is 0 Å². The van der Waals surface area contributed by atoms with Crippen LogP contribution in [-0.4, -0.2) is 25.8 Å². The molecule has 0 aromatic heterocycles. The minimum atomic E-state index is -0.272. The lowest BCUT2D eigenvalue weighted by Gasteiger charge is -2.37. The molecule has 1 fully saturated rings. The molecule has 2 rings (SSSR count). The van der Waals surface area contributed by atoms with Crippen molar-refractivity contribution in [3.63, 3.8) is 0 Å². The first-order valence-corrected chi connectivity index (χ1v) is 10.4. The van der Waals surface area contributed by atoms with Gasteiger partial charge in [-0.25, -0.2) is 4.79 Å². The van der Waals surface area contributed by atoms with Crippen LogP contribution in [-0.2, 0) is 15.9 Å². The molecule has 1 aromatic rings. The Bertz CT molecular complexity index is 595. The molecule has 2 unspecified atom stereocenters. The summed E-state index contributed by atoms with van der Waals surface area (Å²) in [7, 11) is 1.42. The largest absolute Gasteiger partial charge is 0.465 e. The predicted molar refractivity (Wildman–Crippen MR) is 111 cm³/mol. The summed E-state index contributed by atoms with van der Waals surface area (Å²) in [5.74, 6) is 0.494. The van der Waals surface area contributed by atoms with Crippen LogP contribution in [0.5, 0.6) is 0 Å². The Labute approximate surface area is 165 Å². The summed E-state index contributed by atoms with van der Waals surface area (Å²) in [5, 5.41) is 0. The smallest absolute Gasteiger partial charge is 0.337 e. The fourth-order valence-electron chi connectivity index (χ4n) is 4.26. The molecule has 0 bridgehead atoms. The molecule has 0 saturated carbocycles. The number of carbonyl (C=O) groups excluding carboxylic acids is 1. The quantitative estimate of drug-likeness (QED) is 0.545. The van der Waals surface area contributed by atoms with Crippen LogP contribution in [0.2, 0.25) is 0 Å². The molecule has 1 aliphatic heterocycles. The lowest BCUT2D eigenvalue weighted by atomic mass is 9.74. The van der Waals surface area contributed by atoms with E-state index >= 15 is 0 Å². The van der Waals surface area contributed by atoms with Gasteiger partial charge >= 0.3 is 5.97 Å². The topological polar surface area (TPSA) is 35.5 Å². The van der Waals surface area contributed by atoms with Gasteiger partial charge in [-0.3, -0.25) is 0 Å². The van der Waals surface area contributed by atoms with Crippen molar-refractivity contribution in [1.82, 2.24) is 0 Å². The maximum absolute atomic E-state index is 11.5. The summed E-state index contributed by atoms with van der Waals surface area (Å²) in [5.41, 5.74) is 2.55. The van der Waals surface area contributed by atoms with Gasteiger partial charge in [0.25, 0.3) is 0 Å². The fraction of sp³-hybridized carbons (Fsp3) is 0.708. The second-order valence-electron chi connectivity index (χ2n) is 10.2. The van der Waals surface area contributed by atoms with Crippen LogP contribution in [0.3, 0.4) is 0 Å². The van der Waals surface area contributed by atoms with Gasteiger partial charge in [0.15, 0.2) is 0 Å². The summed E-state index contributed by atoms with van der Waals surface area (Å²) in [6, 6.07) is 7.83. The van der Waals surface area contributed by atoms with E-state index < -0.39 is 0 Å². The molecule has 0 aliphatic carbocycles. The highest BCUT2D eigenvalue weighted by atomic mass is 16.5. The highest BCUT2D eigenvalue weighted by Crippen LogP contribution is 2.38. The third-order valence-electron chi connectivity index (χ3n) is 5.62. The molecule has 3 nitrogen and oxygen atoms in total. The van der Waals surface area contributed by atoms with E-state index in [1.165, 1.54) is 31.9 Å². The fourth-order valence-corrected chi connectivity index (χ4v) is 4.26. The summed E-state index contributed by atoms with van der Waals surface area (Å²) in [6.07, 6.45) is 7.43. The van der Waals surface area contributed by atoms with Crippen molar-refractivity contribution >= 4 is 5.97 Å². The maximum atomic E-state index is 11.5. The van der Waals surface area contributed by atoms with E-state index in [1.54, 1.807) is 0 Å². The van der Waals surface area contributed by atoms with E-state index in [4.69, 9.17) is 9.47 Å². The predicted octanol–water partition coefficient (Wildman–Crippen LogP) is 6.05. The monoisotopic (exact) mass is 374 g/mol. The average molecular weight is 375 g/mol. The number of aryl methyl sites for hydroxylation is 1. The highest BCUT2D eigenvalue weighted by molar-refractivity contribution is 5.89. The van der Waals surface area contributed by atoms with Crippen molar-refractivity contribution in [2.45, 2.75) is 79.2 Å². The minimum Gasteiger partial charge on any atom is -0.465 e. The van der Waals surface area contributed by atoms with Crippen molar-refractivity contribution in [1.29, 1.82) is 0 Å². The number of methoxy groups -OCH3 is 1. The summed E-state index contributed by atoms with van der Waals surface area (Å²) >= 11 is 0. The van der Waals surface area contributed by atoms with Gasteiger partial charge in [-0.1, -0.05) is 46.8 Å². The van der Waals surface area contributed by atoms with Gasteiger partial charge in [-0.2, -0.15) is 0 Å². The molecule has 0 N–H and O–H groups in total. The molecule has 3 heteroatoms. The molecule has 1 heterocycles. The van der Waals surface area contributed by atoms with E-state index in [-0.39, 0.29) is 5.97 Å². The molecule has 0 spiro atoms. The average Bonchev–Trinajstić information content (AvgIpc) is 2.58. The van der Waals surface area contributed by atoms with E-state index in [9.17, 15) is 4.79 Å². The van der Waals surface area contributed by atoms with Crippen LogP contribution in [0.1, 0.15) is 82.6 Å². The molecule has 1 aliphatic rings. The third-order valence-corrected chi connectivity index (χ3v) is 5.62. The number of hydrogen-bond acceptors (Lipinski definition) is 3. The van der Waals surface area contributed by atoms with E-state index in [2.05, 4.69) is 46.8 Å². The first kappa shape index (κ1) is 21.9. The van der Waals surface area contributed by atoms with Crippen LogP contribution in [0.4, 0.5) is 0 Å². The summed E-state index contributed by atoms with van der Waals surface area (Å²) < 4.78 is 10.8. The molecule has 2 atom stereocenters. The maximum Gasteiger partial charge on any atom is 0.337 e. The van der Waals surface area contributed by atoms with Crippen molar-refractivity contribution in [3.05, 3.63) is 35.4 Å². The van der Waals surface area contributed by atoms with Crippen LogP contribution in [0, 0.1) is 16.7 Å². The van der Waals surface area contributed by atoms with Crippen LogP contribution < -0.4 is 0 Å². The van der Waals surface area contributed by atoms with Crippen molar-refractivity contribution in [3.8, 4) is 0 Å². The molecule has 0 amide bonds. The van der Waals surface area contributed by atoms with E-state index in [0.29, 0.717) is 22.5 Å². The Morgan fingerprint density at radius 3 is 2.37 bits per heavy atom. The zero-order valence-electron chi connectivity index (χ0n) is 18.1. The van der Waals surface area contributed by atoms with Gasteiger partial charge in [0.05, 0.1) is 18.8 Å². The zero-order valence-corrected chi connectivity index (χ0v) is 18.1. The van der Waals surface area contributed by atoms with Gasteiger partial charge < -0.3 is 9.47 Å². The van der Waals surface area contributed by atoms with Gasteiger partial charge in [0.2, 0.25) is 0 Å². The van der Waals surface area contributed by atoms with Crippen molar-refractivity contribution in [2.75, 3.05) is 13.7 Å². The Morgan fingerprint density at radius 2 is 1.78 bits per heavy atom. The number of ether oxygens (including phenoxy) is 2. The minimum absolute atomic E-state index is 0.272. The third kappa shape index (κ3) is 7.65. The number of carbonyl (C=O) groups is 1. The summed E-state index contributed by atoms with van der Waals surface area (Å²) in [6.45, 7) is 12.6. The van der Waals surface area contributed by atoms with Gasteiger partial charge in [-0.15, -0.1) is 0 Å². The number of rotatable bonds is 7. The molecular formula is C24H38O3.